The van der Waals surface area contributed by atoms with Gasteiger partial charge in [0.25, 0.3) is 0 Å². The molecule has 0 N–H and O–H groups in total. The van der Waals surface area contributed by atoms with Crippen molar-refractivity contribution in [3.63, 3.8) is 0 Å². The Morgan fingerprint density at radius 3 is 2.09 bits per heavy atom. The molecular formula is C30H18F4O. The van der Waals surface area contributed by atoms with Crippen LogP contribution in [-0.4, -0.2) is 6.61 Å². The third-order valence-electron chi connectivity index (χ3n) is 5.04. The van der Waals surface area contributed by atoms with Crippen molar-refractivity contribution < 1.29 is 22.3 Å². The van der Waals surface area contributed by atoms with E-state index in [1.54, 1.807) is 43.3 Å². The van der Waals surface area contributed by atoms with Crippen molar-refractivity contribution in [2.45, 2.75) is 6.92 Å². The van der Waals surface area contributed by atoms with Gasteiger partial charge >= 0.3 is 0 Å². The van der Waals surface area contributed by atoms with Crippen LogP contribution in [-0.2, 0) is 0 Å². The van der Waals surface area contributed by atoms with E-state index in [4.69, 9.17) is 4.74 Å². The van der Waals surface area contributed by atoms with Crippen molar-refractivity contribution in [3.05, 3.63) is 124 Å². The van der Waals surface area contributed by atoms with Crippen LogP contribution in [0.4, 0.5) is 17.6 Å². The van der Waals surface area contributed by atoms with Crippen molar-refractivity contribution in [1.82, 2.24) is 0 Å². The Bertz CT molecular complexity index is 1540. The van der Waals surface area contributed by atoms with Crippen LogP contribution in [0.3, 0.4) is 0 Å². The molecule has 4 rings (SSSR count). The predicted octanol–water partition coefficient (Wildman–Crippen LogP) is 7.15. The quantitative estimate of drug-likeness (QED) is 0.176. The molecule has 0 aliphatic rings. The van der Waals surface area contributed by atoms with Crippen molar-refractivity contribution in [3.8, 4) is 29.4 Å². The molecule has 4 aromatic carbocycles. The number of hydrogen-bond acceptors (Lipinski definition) is 1. The molecule has 0 amide bonds. The van der Waals surface area contributed by atoms with Gasteiger partial charge in [0.05, 0.1) is 11.1 Å². The lowest BCUT2D eigenvalue weighted by Gasteiger charge is -2.05. The molecular weight excluding hydrogens is 452 g/mol. The monoisotopic (exact) mass is 470 g/mol. The molecule has 0 radical (unpaired) electrons. The minimum Gasteiger partial charge on any atom is -0.489 e. The molecule has 0 aliphatic heterocycles. The van der Waals surface area contributed by atoms with Crippen LogP contribution in [0, 0.1) is 47.0 Å². The van der Waals surface area contributed by atoms with Gasteiger partial charge in [0.1, 0.15) is 35.6 Å². The zero-order valence-electron chi connectivity index (χ0n) is 18.6. The lowest BCUT2D eigenvalue weighted by molar-refractivity contribution is 0.357. The van der Waals surface area contributed by atoms with E-state index >= 15 is 0 Å². The summed E-state index contributed by atoms with van der Waals surface area (Å²) in [4.78, 5) is 0. The molecule has 172 valence electrons. The first-order chi connectivity index (χ1) is 16.9. The van der Waals surface area contributed by atoms with Crippen LogP contribution in [0.5, 0.6) is 5.75 Å². The first-order valence-electron chi connectivity index (χ1n) is 10.7. The molecule has 0 saturated carbocycles. The Morgan fingerprint density at radius 1 is 0.686 bits per heavy atom. The van der Waals surface area contributed by atoms with Gasteiger partial charge in [-0.1, -0.05) is 48.0 Å². The molecule has 0 spiro atoms. The van der Waals surface area contributed by atoms with Gasteiger partial charge in [-0.2, -0.15) is 0 Å². The molecule has 35 heavy (non-hydrogen) atoms. The number of benzene rings is 4. The fourth-order valence-electron chi connectivity index (χ4n) is 3.26. The first-order valence-corrected chi connectivity index (χ1v) is 10.7. The van der Waals surface area contributed by atoms with Gasteiger partial charge < -0.3 is 4.74 Å². The maximum Gasteiger partial charge on any atom is 0.145 e. The number of fused-ring (bicyclic) bond motifs is 1. The van der Waals surface area contributed by atoms with Gasteiger partial charge in [-0.05, 0) is 60.2 Å². The summed E-state index contributed by atoms with van der Waals surface area (Å²) in [6.45, 7) is 2.00. The van der Waals surface area contributed by atoms with Crippen molar-refractivity contribution in [2.75, 3.05) is 6.61 Å². The standard InChI is InChI=1S/C30H18F4O/c1-2-3-14-35-26-18-29(33)27(30(34)19-26)13-7-21-5-9-22(28(32)16-21)8-4-20-6-10-24-17-25(31)12-11-23(24)15-20/h2-3,5-6,9-12,15-19H,14H2,1H3/b3-2+. The van der Waals surface area contributed by atoms with Crippen LogP contribution in [0.2, 0.25) is 0 Å². The lowest BCUT2D eigenvalue weighted by Crippen LogP contribution is -1.97. The molecule has 0 fully saturated rings. The number of hydrogen-bond donors (Lipinski definition) is 0. The van der Waals surface area contributed by atoms with Crippen LogP contribution in [0.1, 0.15) is 29.2 Å². The Labute approximate surface area is 200 Å². The highest BCUT2D eigenvalue weighted by Crippen LogP contribution is 2.21. The van der Waals surface area contributed by atoms with Gasteiger partial charge in [0, 0.05) is 23.3 Å². The van der Waals surface area contributed by atoms with Crippen molar-refractivity contribution in [1.29, 1.82) is 0 Å². The molecule has 0 bridgehead atoms. The molecule has 5 heteroatoms. The third kappa shape index (κ3) is 5.91. The minimum absolute atomic E-state index is 0.0520. The van der Waals surface area contributed by atoms with Crippen molar-refractivity contribution in [2.24, 2.45) is 0 Å². The van der Waals surface area contributed by atoms with E-state index in [0.717, 1.165) is 29.0 Å². The smallest absolute Gasteiger partial charge is 0.145 e. The molecule has 0 aliphatic carbocycles. The summed E-state index contributed by atoms with van der Waals surface area (Å²) < 4.78 is 61.7. The Balaban J connectivity index is 1.53. The summed E-state index contributed by atoms with van der Waals surface area (Å²) in [5.74, 6) is 8.04. The highest BCUT2D eigenvalue weighted by atomic mass is 19.1. The van der Waals surface area contributed by atoms with E-state index in [2.05, 4.69) is 23.7 Å². The van der Waals surface area contributed by atoms with E-state index in [1.807, 2.05) is 0 Å². The molecule has 0 atom stereocenters. The Kier molecular flexibility index (Phi) is 7.19. The van der Waals surface area contributed by atoms with Gasteiger partial charge in [-0.25, -0.2) is 17.6 Å². The van der Waals surface area contributed by atoms with Crippen LogP contribution in [0.25, 0.3) is 10.8 Å². The second kappa shape index (κ2) is 10.6. The number of allylic oxidation sites excluding steroid dienone is 1. The molecule has 0 unspecified atom stereocenters. The molecule has 0 heterocycles. The summed E-state index contributed by atoms with van der Waals surface area (Å²) in [5, 5.41) is 1.56. The molecule has 1 nitrogen and oxygen atoms in total. The summed E-state index contributed by atoms with van der Waals surface area (Å²) >= 11 is 0. The van der Waals surface area contributed by atoms with Gasteiger partial charge in [0.2, 0.25) is 0 Å². The predicted molar refractivity (Wildman–Crippen MR) is 129 cm³/mol. The average molecular weight is 470 g/mol. The average Bonchev–Trinajstić information content (AvgIpc) is 2.83. The van der Waals surface area contributed by atoms with E-state index < -0.39 is 23.0 Å². The highest BCUT2D eigenvalue weighted by Gasteiger charge is 2.10. The van der Waals surface area contributed by atoms with Crippen molar-refractivity contribution >= 4 is 10.8 Å². The fourth-order valence-corrected chi connectivity index (χ4v) is 3.26. The lowest BCUT2D eigenvalue weighted by atomic mass is 10.1. The highest BCUT2D eigenvalue weighted by molar-refractivity contribution is 5.84. The second-order valence-electron chi connectivity index (χ2n) is 7.54. The molecule has 0 saturated heterocycles. The SMILES string of the molecule is C/C=C/COc1cc(F)c(C#Cc2ccc(C#Cc3ccc4cc(F)ccc4c3)c(F)c2)c(F)c1. The molecule has 0 aromatic heterocycles. The maximum absolute atomic E-state index is 14.6. The third-order valence-corrected chi connectivity index (χ3v) is 5.04. The Hall–Kier alpha value is -4.48. The van der Waals surface area contributed by atoms with Gasteiger partial charge in [-0.15, -0.1) is 0 Å². The van der Waals surface area contributed by atoms with Crippen LogP contribution < -0.4 is 4.74 Å². The summed E-state index contributed by atoms with van der Waals surface area (Å²) in [6, 6.07) is 16.0. The second-order valence-corrected chi connectivity index (χ2v) is 7.54. The zero-order chi connectivity index (χ0) is 24.8. The maximum atomic E-state index is 14.6. The summed E-state index contributed by atoms with van der Waals surface area (Å²) in [5.41, 5.74) is 0.614. The van der Waals surface area contributed by atoms with E-state index in [-0.39, 0.29) is 29.3 Å². The normalized spacial score (nSPS) is 10.5. The number of ether oxygens (including phenoxy) is 1. The zero-order valence-corrected chi connectivity index (χ0v) is 18.6. The van der Waals surface area contributed by atoms with Crippen LogP contribution >= 0.6 is 0 Å². The Morgan fingerprint density at radius 2 is 1.34 bits per heavy atom. The van der Waals surface area contributed by atoms with Gasteiger partial charge in [0.15, 0.2) is 0 Å². The topological polar surface area (TPSA) is 9.23 Å². The number of rotatable bonds is 3. The summed E-state index contributed by atoms with van der Waals surface area (Å²) in [6.07, 6.45) is 3.46. The minimum atomic E-state index is -0.867. The van der Waals surface area contributed by atoms with E-state index in [1.165, 1.54) is 24.3 Å². The summed E-state index contributed by atoms with van der Waals surface area (Å²) in [7, 11) is 0. The van der Waals surface area contributed by atoms with E-state index in [0.29, 0.717) is 5.56 Å². The van der Waals surface area contributed by atoms with Crippen LogP contribution in [0.15, 0.2) is 78.9 Å². The number of halogens is 4. The fraction of sp³-hybridized carbons (Fsp3) is 0.0667. The molecule has 4 aromatic rings. The van der Waals surface area contributed by atoms with Gasteiger partial charge in [-0.3, -0.25) is 0 Å². The first kappa shape index (κ1) is 23.7. The largest absolute Gasteiger partial charge is 0.489 e. The van der Waals surface area contributed by atoms with E-state index in [9.17, 15) is 17.6 Å².